The van der Waals surface area contributed by atoms with Crippen molar-refractivity contribution in [3.63, 3.8) is 0 Å². The molecule has 0 fully saturated rings. The van der Waals surface area contributed by atoms with E-state index in [2.05, 4.69) is 4.98 Å². The number of esters is 1. The van der Waals surface area contributed by atoms with Crippen molar-refractivity contribution in [1.29, 1.82) is 0 Å². The number of ether oxygens (including phenoxy) is 3. The van der Waals surface area contributed by atoms with Crippen molar-refractivity contribution in [2.75, 3.05) is 20.3 Å². The number of H-pyrrole nitrogens is 1. The molecule has 2 heterocycles. The van der Waals surface area contributed by atoms with Crippen molar-refractivity contribution in [3.8, 4) is 5.75 Å². The summed E-state index contributed by atoms with van der Waals surface area (Å²) in [6.07, 6.45) is 0. The van der Waals surface area contributed by atoms with E-state index in [0.717, 1.165) is 0 Å². The lowest BCUT2D eigenvalue weighted by molar-refractivity contribution is -0.140. The maximum Gasteiger partial charge on any atom is 0.340 e. The van der Waals surface area contributed by atoms with E-state index in [0.29, 0.717) is 27.2 Å². The fraction of sp³-hybridized carbons (Fsp3) is 0.182. The highest BCUT2D eigenvalue weighted by atomic mass is 35.5. The lowest BCUT2D eigenvalue weighted by Crippen LogP contribution is -2.32. The molecule has 3 aromatic rings. The molecule has 0 saturated heterocycles. The number of para-hydroxylation sites is 1. The average Bonchev–Trinajstić information content (AvgIpc) is 2.73. The van der Waals surface area contributed by atoms with Crippen LogP contribution in [-0.4, -0.2) is 31.3 Å². The molecule has 154 valence electrons. The predicted octanol–water partition coefficient (Wildman–Crippen LogP) is 3.07. The van der Waals surface area contributed by atoms with Gasteiger partial charge in [-0.3, -0.25) is 4.79 Å². The molecule has 1 aliphatic heterocycles. The van der Waals surface area contributed by atoms with Crippen LogP contribution in [0.3, 0.4) is 0 Å². The zero-order valence-electron chi connectivity index (χ0n) is 16.1. The fourth-order valence-electron chi connectivity index (χ4n) is 3.59. The van der Waals surface area contributed by atoms with E-state index < -0.39 is 17.4 Å². The monoisotopic (exact) mass is 426 g/mol. The van der Waals surface area contributed by atoms with Crippen molar-refractivity contribution < 1.29 is 19.0 Å². The summed E-state index contributed by atoms with van der Waals surface area (Å²) in [6, 6.07) is 14.2. The van der Waals surface area contributed by atoms with Gasteiger partial charge in [0.05, 0.1) is 23.6 Å². The van der Waals surface area contributed by atoms with Crippen molar-refractivity contribution >= 4 is 28.5 Å². The minimum atomic E-state index is -0.856. The van der Waals surface area contributed by atoms with Gasteiger partial charge in [0.1, 0.15) is 17.9 Å². The first-order valence-electron chi connectivity index (χ1n) is 9.25. The third-order valence-electron chi connectivity index (χ3n) is 4.92. The van der Waals surface area contributed by atoms with Crippen molar-refractivity contribution in [3.05, 3.63) is 86.5 Å². The molecule has 30 heavy (non-hydrogen) atoms. The summed E-state index contributed by atoms with van der Waals surface area (Å²) in [5.41, 5.74) is 7.20. The Labute approximate surface area is 177 Å². The molecule has 1 aromatic heterocycles. The van der Waals surface area contributed by atoms with E-state index in [4.69, 9.17) is 31.5 Å². The van der Waals surface area contributed by atoms with Crippen LogP contribution >= 0.6 is 11.6 Å². The molecular formula is C22H19ClN2O5. The number of nitrogens with one attached hydrogen (secondary N) is 1. The van der Waals surface area contributed by atoms with E-state index in [1.165, 1.54) is 7.11 Å². The second kappa shape index (κ2) is 8.22. The normalized spacial score (nSPS) is 15.6. The molecule has 0 radical (unpaired) electrons. The quantitative estimate of drug-likeness (QED) is 0.480. The van der Waals surface area contributed by atoms with E-state index >= 15 is 0 Å². The number of hydrogen-bond donors (Lipinski definition) is 2. The highest BCUT2D eigenvalue weighted by Gasteiger charge is 2.39. The van der Waals surface area contributed by atoms with Crippen molar-refractivity contribution in [2.24, 2.45) is 5.73 Å². The molecule has 4 rings (SSSR count). The van der Waals surface area contributed by atoms with Gasteiger partial charge in [0, 0.05) is 17.5 Å². The van der Waals surface area contributed by atoms with Crippen LogP contribution in [0.4, 0.5) is 0 Å². The molecule has 1 aliphatic rings. The predicted molar refractivity (Wildman–Crippen MR) is 113 cm³/mol. The van der Waals surface area contributed by atoms with Crippen molar-refractivity contribution in [2.45, 2.75) is 5.92 Å². The molecule has 7 nitrogen and oxygen atoms in total. The van der Waals surface area contributed by atoms with Gasteiger partial charge in [-0.25, -0.2) is 4.79 Å². The Bertz CT molecular complexity index is 1220. The van der Waals surface area contributed by atoms with Gasteiger partial charge in [0.2, 0.25) is 5.88 Å². The Morgan fingerprint density at radius 1 is 1.17 bits per heavy atom. The number of aromatic nitrogens is 1. The molecule has 0 saturated carbocycles. The molecule has 1 unspecified atom stereocenters. The highest BCUT2D eigenvalue weighted by Crippen LogP contribution is 2.45. The maximum atomic E-state index is 13.1. The van der Waals surface area contributed by atoms with Crippen LogP contribution < -0.4 is 16.0 Å². The minimum Gasteiger partial charge on any atom is -0.460 e. The van der Waals surface area contributed by atoms with Gasteiger partial charge in [-0.15, -0.1) is 0 Å². The van der Waals surface area contributed by atoms with Gasteiger partial charge in [0.15, 0.2) is 0 Å². The summed E-state index contributed by atoms with van der Waals surface area (Å²) < 4.78 is 16.0. The molecule has 0 aliphatic carbocycles. The van der Waals surface area contributed by atoms with Crippen LogP contribution in [0, 0.1) is 0 Å². The first kappa shape index (κ1) is 20.0. The second-order valence-electron chi connectivity index (χ2n) is 6.71. The molecule has 0 amide bonds. The Morgan fingerprint density at radius 3 is 2.67 bits per heavy atom. The standard InChI is InChI=1S/C22H19ClN2O5/c1-28-10-11-29-22(27)18-16(12-6-2-4-8-14(12)23)17-19(30-20(18)24)13-7-3-5-9-15(13)25-21(17)26/h2-9,16H,10-11,24H2,1H3,(H,25,26). The van der Waals surface area contributed by atoms with Gasteiger partial charge in [-0.1, -0.05) is 41.9 Å². The van der Waals surface area contributed by atoms with E-state index in [-0.39, 0.29) is 30.2 Å². The lowest BCUT2D eigenvalue weighted by atomic mass is 9.83. The number of fused-ring (bicyclic) bond motifs is 3. The van der Waals surface area contributed by atoms with Crippen LogP contribution in [0.15, 0.2) is 64.8 Å². The summed E-state index contributed by atoms with van der Waals surface area (Å²) >= 11 is 6.45. The summed E-state index contributed by atoms with van der Waals surface area (Å²) in [5.74, 6) is -1.39. The minimum absolute atomic E-state index is 0.0208. The number of halogens is 1. The molecule has 2 aromatic carbocycles. The topological polar surface area (TPSA) is 104 Å². The molecule has 3 N–H and O–H groups in total. The summed E-state index contributed by atoms with van der Waals surface area (Å²) in [7, 11) is 1.50. The number of methoxy groups -OCH3 is 1. The number of carbonyl (C=O) groups is 1. The number of rotatable bonds is 5. The average molecular weight is 427 g/mol. The lowest BCUT2D eigenvalue weighted by Gasteiger charge is -2.29. The number of pyridine rings is 1. The second-order valence-corrected chi connectivity index (χ2v) is 7.11. The molecule has 0 spiro atoms. The van der Waals surface area contributed by atoms with Gasteiger partial charge in [-0.05, 0) is 23.8 Å². The van der Waals surface area contributed by atoms with Gasteiger partial charge in [-0.2, -0.15) is 0 Å². The van der Waals surface area contributed by atoms with E-state index in [1.807, 2.05) is 12.1 Å². The molecular weight excluding hydrogens is 408 g/mol. The number of hydrogen-bond acceptors (Lipinski definition) is 6. The highest BCUT2D eigenvalue weighted by molar-refractivity contribution is 6.31. The Hall–Kier alpha value is -3.29. The van der Waals surface area contributed by atoms with Crippen LogP contribution in [0.5, 0.6) is 5.75 Å². The molecule has 1 atom stereocenters. The number of nitrogens with two attached hydrogens (primary N) is 1. The fourth-order valence-corrected chi connectivity index (χ4v) is 3.83. The van der Waals surface area contributed by atoms with Crippen LogP contribution in [-0.2, 0) is 14.3 Å². The van der Waals surface area contributed by atoms with Crippen LogP contribution in [0.25, 0.3) is 10.9 Å². The van der Waals surface area contributed by atoms with Gasteiger partial charge >= 0.3 is 5.97 Å². The summed E-state index contributed by atoms with van der Waals surface area (Å²) in [4.78, 5) is 28.9. The summed E-state index contributed by atoms with van der Waals surface area (Å²) in [6.45, 7) is 0.251. The largest absolute Gasteiger partial charge is 0.460 e. The molecule has 0 bridgehead atoms. The maximum absolute atomic E-state index is 13.1. The number of aromatic amines is 1. The zero-order valence-corrected chi connectivity index (χ0v) is 16.9. The third-order valence-corrected chi connectivity index (χ3v) is 5.26. The Morgan fingerprint density at radius 2 is 1.90 bits per heavy atom. The first-order valence-corrected chi connectivity index (χ1v) is 9.63. The van der Waals surface area contributed by atoms with Crippen LogP contribution in [0.2, 0.25) is 5.02 Å². The van der Waals surface area contributed by atoms with Gasteiger partial charge in [0.25, 0.3) is 5.56 Å². The van der Waals surface area contributed by atoms with Gasteiger partial charge < -0.3 is 24.9 Å². The first-order chi connectivity index (χ1) is 14.5. The van der Waals surface area contributed by atoms with Crippen LogP contribution in [0.1, 0.15) is 17.0 Å². The zero-order chi connectivity index (χ0) is 21.3. The summed E-state index contributed by atoms with van der Waals surface area (Å²) in [5, 5.41) is 1.05. The smallest absolute Gasteiger partial charge is 0.340 e. The van der Waals surface area contributed by atoms with E-state index in [9.17, 15) is 9.59 Å². The Balaban J connectivity index is 1.96. The third kappa shape index (κ3) is 3.42. The van der Waals surface area contributed by atoms with Crippen molar-refractivity contribution in [1.82, 2.24) is 4.98 Å². The Kier molecular flexibility index (Phi) is 5.48. The number of carbonyl (C=O) groups excluding carboxylic acids is 1. The van der Waals surface area contributed by atoms with E-state index in [1.54, 1.807) is 36.4 Å². The molecule has 8 heteroatoms. The SMILES string of the molecule is COCCOC(=O)C1=C(N)Oc2c(c(=O)[nH]c3ccccc23)C1c1ccccc1Cl. The number of benzene rings is 2.